The lowest BCUT2D eigenvalue weighted by atomic mass is 10.0. The number of para-hydroxylation sites is 1. The fourth-order valence-corrected chi connectivity index (χ4v) is 3.35. The first-order valence-electron chi connectivity index (χ1n) is 7.56. The molecule has 1 aromatic carbocycles. The number of rotatable bonds is 3. The largest absolute Gasteiger partial charge is 0.305 e. The molecule has 0 saturated carbocycles. The van der Waals surface area contributed by atoms with Crippen molar-refractivity contribution in [2.24, 2.45) is 0 Å². The molecule has 0 spiro atoms. The molecular weight excluding hydrogens is 282 g/mol. The Balaban J connectivity index is 1.79. The van der Waals surface area contributed by atoms with Gasteiger partial charge in [0.2, 0.25) is 0 Å². The van der Waals surface area contributed by atoms with Gasteiger partial charge in [-0.3, -0.25) is 4.90 Å². The summed E-state index contributed by atoms with van der Waals surface area (Å²) < 4.78 is 0. The minimum Gasteiger partial charge on any atom is -0.305 e. The highest BCUT2D eigenvalue weighted by Gasteiger charge is 2.21. The monoisotopic (exact) mass is 303 g/mol. The maximum Gasteiger partial charge on any atom is 0.134 e. The van der Waals surface area contributed by atoms with E-state index in [-0.39, 0.29) is 0 Å². The molecule has 0 radical (unpaired) electrons. The lowest BCUT2D eigenvalue weighted by molar-refractivity contribution is 0.129. The van der Waals surface area contributed by atoms with Gasteiger partial charge in [-0.05, 0) is 45.6 Å². The molecular formula is C17H22ClN3. The number of piperidine rings is 1. The summed E-state index contributed by atoms with van der Waals surface area (Å²) in [6, 6.07) is 10.9. The van der Waals surface area contributed by atoms with E-state index in [4.69, 9.17) is 11.6 Å². The molecule has 3 nitrogen and oxygen atoms in total. The van der Waals surface area contributed by atoms with Gasteiger partial charge in [0, 0.05) is 30.1 Å². The van der Waals surface area contributed by atoms with Crippen LogP contribution >= 0.6 is 11.6 Å². The molecule has 1 saturated heterocycles. The van der Waals surface area contributed by atoms with Crippen LogP contribution in [0.3, 0.4) is 0 Å². The van der Waals surface area contributed by atoms with Gasteiger partial charge in [0.25, 0.3) is 0 Å². The molecule has 112 valence electrons. The number of halogens is 1. The highest BCUT2D eigenvalue weighted by atomic mass is 35.5. The normalized spacial score (nSPS) is 20.3. The minimum absolute atomic E-state index is 0.603. The second-order valence-corrected chi connectivity index (χ2v) is 6.46. The van der Waals surface area contributed by atoms with Crippen LogP contribution in [0, 0.1) is 0 Å². The second kappa shape index (κ2) is 6.30. The molecule has 0 N–H and O–H groups in total. The van der Waals surface area contributed by atoms with Gasteiger partial charge in [-0.15, -0.1) is 0 Å². The number of aromatic nitrogens is 1. The molecule has 3 rings (SSSR count). The number of nitrogens with zero attached hydrogens (tertiary/aromatic N) is 3. The number of likely N-dealkylation sites (N-methyl/N-ethyl adjacent to an activating group) is 2. The smallest absolute Gasteiger partial charge is 0.134 e. The molecule has 0 aliphatic carbocycles. The van der Waals surface area contributed by atoms with E-state index in [1.165, 1.54) is 19.4 Å². The Hall–Kier alpha value is -1.16. The van der Waals surface area contributed by atoms with Gasteiger partial charge >= 0.3 is 0 Å². The number of pyridine rings is 1. The highest BCUT2D eigenvalue weighted by molar-refractivity contribution is 6.30. The topological polar surface area (TPSA) is 19.4 Å². The van der Waals surface area contributed by atoms with E-state index < -0.39 is 0 Å². The molecule has 4 heteroatoms. The third-order valence-corrected chi connectivity index (χ3v) is 4.72. The fourth-order valence-electron chi connectivity index (χ4n) is 3.14. The first-order valence-corrected chi connectivity index (χ1v) is 7.94. The summed E-state index contributed by atoms with van der Waals surface area (Å²) in [4.78, 5) is 9.33. The summed E-state index contributed by atoms with van der Waals surface area (Å²) in [6.07, 6.45) is 2.54. The van der Waals surface area contributed by atoms with Crippen molar-refractivity contribution in [3.63, 3.8) is 0 Å². The van der Waals surface area contributed by atoms with Crippen molar-refractivity contribution in [1.82, 2.24) is 14.8 Å². The van der Waals surface area contributed by atoms with E-state index in [0.29, 0.717) is 11.2 Å². The third-order valence-electron chi connectivity index (χ3n) is 4.39. The predicted molar refractivity (Wildman–Crippen MR) is 88.7 cm³/mol. The van der Waals surface area contributed by atoms with Gasteiger partial charge < -0.3 is 4.90 Å². The maximum atomic E-state index is 6.37. The van der Waals surface area contributed by atoms with Gasteiger partial charge in [0.05, 0.1) is 5.52 Å². The standard InChI is InChI=1S/C17H22ClN3/c1-20-9-5-7-15(12-20)21(2)11-14-10-13-6-3-4-8-16(13)19-17(14)18/h3-4,6,8,10,15H,5,7,9,11-12H2,1-2H3. The Morgan fingerprint density at radius 2 is 2.19 bits per heavy atom. The van der Waals surface area contributed by atoms with Crippen LogP contribution < -0.4 is 0 Å². The number of fused-ring (bicyclic) bond motifs is 1. The van der Waals surface area contributed by atoms with Crippen LogP contribution in [0.1, 0.15) is 18.4 Å². The van der Waals surface area contributed by atoms with Crippen LogP contribution in [0.5, 0.6) is 0 Å². The van der Waals surface area contributed by atoms with Crippen molar-refractivity contribution in [2.45, 2.75) is 25.4 Å². The van der Waals surface area contributed by atoms with Crippen molar-refractivity contribution >= 4 is 22.5 Å². The van der Waals surface area contributed by atoms with Gasteiger partial charge in [0.1, 0.15) is 5.15 Å². The molecule has 1 aliphatic rings. The van der Waals surface area contributed by atoms with E-state index in [1.54, 1.807) is 0 Å². The third kappa shape index (κ3) is 3.37. The predicted octanol–water partition coefficient (Wildman–Crippen LogP) is 3.41. The number of hydrogen-bond donors (Lipinski definition) is 0. The summed E-state index contributed by atoms with van der Waals surface area (Å²) in [5.74, 6) is 0. The average Bonchev–Trinajstić information content (AvgIpc) is 2.48. The maximum absolute atomic E-state index is 6.37. The zero-order valence-electron chi connectivity index (χ0n) is 12.7. The molecule has 1 aromatic heterocycles. The van der Waals surface area contributed by atoms with E-state index in [2.05, 4.69) is 41.0 Å². The van der Waals surface area contributed by atoms with Gasteiger partial charge in [0.15, 0.2) is 0 Å². The summed E-state index contributed by atoms with van der Waals surface area (Å²) >= 11 is 6.37. The number of benzene rings is 1. The summed E-state index contributed by atoms with van der Waals surface area (Å²) in [5.41, 5.74) is 2.08. The zero-order valence-corrected chi connectivity index (χ0v) is 13.5. The van der Waals surface area contributed by atoms with Crippen LogP contribution in [0.25, 0.3) is 10.9 Å². The Morgan fingerprint density at radius 1 is 1.38 bits per heavy atom. The van der Waals surface area contributed by atoms with Crippen molar-refractivity contribution in [3.8, 4) is 0 Å². The average molecular weight is 304 g/mol. The zero-order chi connectivity index (χ0) is 14.8. The molecule has 1 atom stereocenters. The van der Waals surface area contributed by atoms with Crippen molar-refractivity contribution < 1.29 is 0 Å². The molecule has 0 bridgehead atoms. The Bertz CT molecular complexity index is 628. The lowest BCUT2D eigenvalue weighted by Gasteiger charge is -2.36. The highest BCUT2D eigenvalue weighted by Crippen LogP contribution is 2.23. The van der Waals surface area contributed by atoms with Crippen LogP contribution in [-0.4, -0.2) is 48.0 Å². The molecule has 2 heterocycles. The quantitative estimate of drug-likeness (QED) is 0.810. The molecule has 1 aliphatic heterocycles. The Kier molecular flexibility index (Phi) is 4.43. The van der Waals surface area contributed by atoms with Gasteiger partial charge in [-0.25, -0.2) is 4.98 Å². The van der Waals surface area contributed by atoms with Crippen LogP contribution in [0.15, 0.2) is 30.3 Å². The van der Waals surface area contributed by atoms with E-state index >= 15 is 0 Å². The fraction of sp³-hybridized carbons (Fsp3) is 0.471. The van der Waals surface area contributed by atoms with E-state index in [1.807, 2.05) is 18.2 Å². The molecule has 0 amide bonds. The summed E-state index contributed by atoms with van der Waals surface area (Å²) in [6.45, 7) is 3.20. The SMILES string of the molecule is CN1CCCC(N(C)Cc2cc3ccccc3nc2Cl)C1. The summed E-state index contributed by atoms with van der Waals surface area (Å²) in [7, 11) is 4.39. The molecule has 21 heavy (non-hydrogen) atoms. The number of likely N-dealkylation sites (tertiary alicyclic amines) is 1. The van der Waals surface area contributed by atoms with Crippen molar-refractivity contribution in [3.05, 3.63) is 41.0 Å². The molecule has 1 unspecified atom stereocenters. The Labute approximate surface area is 131 Å². The first-order chi connectivity index (χ1) is 10.1. The van der Waals surface area contributed by atoms with Crippen molar-refractivity contribution in [2.75, 3.05) is 27.2 Å². The number of hydrogen-bond acceptors (Lipinski definition) is 3. The first kappa shape index (κ1) is 14.8. The molecule has 1 fully saturated rings. The van der Waals surface area contributed by atoms with E-state index in [9.17, 15) is 0 Å². The van der Waals surface area contributed by atoms with Crippen LogP contribution in [0.4, 0.5) is 0 Å². The molecule has 2 aromatic rings. The summed E-state index contributed by atoms with van der Waals surface area (Å²) in [5, 5.41) is 1.79. The van der Waals surface area contributed by atoms with Crippen molar-refractivity contribution in [1.29, 1.82) is 0 Å². The van der Waals surface area contributed by atoms with Crippen LogP contribution in [-0.2, 0) is 6.54 Å². The minimum atomic E-state index is 0.603. The second-order valence-electron chi connectivity index (χ2n) is 6.10. The lowest BCUT2D eigenvalue weighted by Crippen LogP contribution is -2.44. The van der Waals surface area contributed by atoms with Gasteiger partial charge in [-0.1, -0.05) is 29.8 Å². The van der Waals surface area contributed by atoms with E-state index in [0.717, 1.165) is 29.6 Å². The van der Waals surface area contributed by atoms with Gasteiger partial charge in [-0.2, -0.15) is 0 Å². The van der Waals surface area contributed by atoms with Crippen LogP contribution in [0.2, 0.25) is 5.15 Å². The Morgan fingerprint density at radius 3 is 3.00 bits per heavy atom.